The second kappa shape index (κ2) is 7.48. The number of rotatable bonds is 3. The Morgan fingerprint density at radius 2 is 1.93 bits per heavy atom. The van der Waals surface area contributed by atoms with Gasteiger partial charge in [0.25, 0.3) is 0 Å². The van der Waals surface area contributed by atoms with Gasteiger partial charge in [0.05, 0.1) is 18.4 Å². The summed E-state index contributed by atoms with van der Waals surface area (Å²) in [5.74, 6) is 0.973. The number of hydrogen-bond acceptors (Lipinski definition) is 5. The molecule has 5 nitrogen and oxygen atoms in total. The Kier molecular flexibility index (Phi) is 4.82. The fourth-order valence-electron chi connectivity index (χ4n) is 4.13. The Bertz CT molecular complexity index is 954. The quantitative estimate of drug-likeness (QED) is 0.727. The molecule has 2 aliphatic heterocycles. The predicted molar refractivity (Wildman–Crippen MR) is 113 cm³/mol. The minimum atomic E-state index is -0.406. The zero-order valence-electron chi connectivity index (χ0n) is 16.4. The van der Waals surface area contributed by atoms with Crippen LogP contribution in [0.2, 0.25) is 5.02 Å². The van der Waals surface area contributed by atoms with Crippen LogP contribution in [-0.2, 0) is 0 Å². The smallest absolute Gasteiger partial charge is 0.166 e. The number of benzene rings is 1. The molecule has 7 heteroatoms. The van der Waals surface area contributed by atoms with Gasteiger partial charge < -0.3 is 14.5 Å². The third-order valence-electron chi connectivity index (χ3n) is 5.85. The summed E-state index contributed by atoms with van der Waals surface area (Å²) in [5, 5.41) is 0.380. The van der Waals surface area contributed by atoms with Crippen molar-refractivity contribution in [3.8, 4) is 5.75 Å². The van der Waals surface area contributed by atoms with Gasteiger partial charge in [-0.1, -0.05) is 11.6 Å². The number of aliphatic imine (C=N–C) groups is 1. The van der Waals surface area contributed by atoms with Crippen LogP contribution in [0, 0.1) is 12.7 Å². The standard InChI is InChI=1S/C22H24ClFN4O/c1-14-10-20-19(12-25-14)26-22(13-28(20)16-3-4-16)27-8-6-17(7-9-27)29-21-5-2-15(23)11-18(21)24/h2,5,10-12,16-17H,3-4,6-9,13H2,1H3. The molecule has 0 atom stereocenters. The highest BCUT2D eigenvalue weighted by molar-refractivity contribution is 6.30. The van der Waals surface area contributed by atoms with E-state index < -0.39 is 5.82 Å². The first-order chi connectivity index (χ1) is 14.1. The molecule has 1 aromatic carbocycles. The summed E-state index contributed by atoms with van der Waals surface area (Å²) in [6, 6.07) is 7.33. The van der Waals surface area contributed by atoms with Crippen molar-refractivity contribution in [1.82, 2.24) is 9.88 Å². The van der Waals surface area contributed by atoms with Gasteiger partial charge in [-0.2, -0.15) is 0 Å². The van der Waals surface area contributed by atoms with Crippen molar-refractivity contribution in [3.63, 3.8) is 0 Å². The molecule has 2 aromatic rings. The summed E-state index contributed by atoms with van der Waals surface area (Å²) < 4.78 is 19.9. The molecule has 0 bridgehead atoms. The number of amidine groups is 1. The predicted octanol–water partition coefficient (Wildman–Crippen LogP) is 4.74. The van der Waals surface area contributed by atoms with Crippen LogP contribution in [0.25, 0.3) is 0 Å². The molecule has 29 heavy (non-hydrogen) atoms. The zero-order valence-corrected chi connectivity index (χ0v) is 17.2. The van der Waals surface area contributed by atoms with Crippen LogP contribution in [0.5, 0.6) is 5.75 Å². The first kappa shape index (κ1) is 18.7. The summed E-state index contributed by atoms with van der Waals surface area (Å²) in [6.07, 6.45) is 6.06. The monoisotopic (exact) mass is 414 g/mol. The average molecular weight is 415 g/mol. The molecule has 2 fully saturated rings. The van der Waals surface area contributed by atoms with Crippen molar-refractivity contribution >= 4 is 28.8 Å². The van der Waals surface area contributed by atoms with Crippen molar-refractivity contribution in [2.45, 2.75) is 44.8 Å². The van der Waals surface area contributed by atoms with Crippen molar-refractivity contribution in [3.05, 3.63) is 47.0 Å². The molecule has 3 heterocycles. The van der Waals surface area contributed by atoms with E-state index in [4.69, 9.17) is 21.3 Å². The summed E-state index contributed by atoms with van der Waals surface area (Å²) in [6.45, 7) is 4.58. The first-order valence-electron chi connectivity index (χ1n) is 10.2. The van der Waals surface area contributed by atoms with E-state index in [0.717, 1.165) is 49.7 Å². The maximum absolute atomic E-state index is 14.0. The van der Waals surface area contributed by atoms with E-state index in [9.17, 15) is 4.39 Å². The molecule has 0 amide bonds. The maximum Gasteiger partial charge on any atom is 0.166 e. The molecule has 5 rings (SSSR count). The summed E-state index contributed by atoms with van der Waals surface area (Å²) in [5.41, 5.74) is 3.20. The van der Waals surface area contributed by atoms with Crippen molar-refractivity contribution < 1.29 is 9.13 Å². The lowest BCUT2D eigenvalue weighted by molar-refractivity contribution is 0.125. The van der Waals surface area contributed by atoms with E-state index in [0.29, 0.717) is 11.1 Å². The van der Waals surface area contributed by atoms with E-state index in [1.165, 1.54) is 24.6 Å². The molecule has 152 valence electrons. The fraction of sp³-hybridized carbons (Fsp3) is 0.455. The third kappa shape index (κ3) is 3.90. The Labute approximate surface area is 175 Å². The Balaban J connectivity index is 1.27. The number of hydrogen-bond donors (Lipinski definition) is 0. The molecule has 1 saturated heterocycles. The van der Waals surface area contributed by atoms with Gasteiger partial charge in [-0.15, -0.1) is 0 Å². The molecule has 1 aromatic heterocycles. The molecule has 3 aliphatic rings. The average Bonchev–Trinajstić information content (AvgIpc) is 3.55. The van der Waals surface area contributed by atoms with Crippen LogP contribution in [0.1, 0.15) is 31.4 Å². The molecule has 0 unspecified atom stereocenters. The summed E-state index contributed by atoms with van der Waals surface area (Å²) >= 11 is 5.82. The number of likely N-dealkylation sites (tertiary alicyclic amines) is 1. The summed E-state index contributed by atoms with van der Waals surface area (Å²) in [7, 11) is 0. The van der Waals surface area contributed by atoms with Crippen molar-refractivity contribution in [1.29, 1.82) is 0 Å². The molecular weight excluding hydrogens is 391 g/mol. The fourth-order valence-corrected chi connectivity index (χ4v) is 4.29. The van der Waals surface area contributed by atoms with Gasteiger partial charge in [0.15, 0.2) is 11.6 Å². The number of aryl methyl sites for hydroxylation is 1. The third-order valence-corrected chi connectivity index (χ3v) is 6.09. The second-order valence-electron chi connectivity index (χ2n) is 8.08. The number of halogens is 2. The lowest BCUT2D eigenvalue weighted by Gasteiger charge is -2.39. The SMILES string of the molecule is Cc1cc2c(cn1)N=C(N1CCC(Oc3ccc(Cl)cc3F)CC1)CN2C1CC1. The lowest BCUT2D eigenvalue weighted by Crippen LogP contribution is -2.48. The topological polar surface area (TPSA) is 41.0 Å². The second-order valence-corrected chi connectivity index (χ2v) is 8.52. The van der Waals surface area contributed by atoms with Gasteiger partial charge >= 0.3 is 0 Å². The molecule has 0 N–H and O–H groups in total. The van der Waals surface area contributed by atoms with Crippen LogP contribution in [0.3, 0.4) is 0 Å². The largest absolute Gasteiger partial charge is 0.487 e. The first-order valence-corrected chi connectivity index (χ1v) is 10.6. The number of ether oxygens (including phenoxy) is 1. The lowest BCUT2D eigenvalue weighted by atomic mass is 10.1. The molecule has 1 aliphatic carbocycles. The van der Waals surface area contributed by atoms with Gasteiger partial charge in [0, 0.05) is 42.7 Å². The van der Waals surface area contributed by atoms with E-state index in [2.05, 4.69) is 20.9 Å². The number of anilines is 1. The van der Waals surface area contributed by atoms with Crippen molar-refractivity contribution in [2.75, 3.05) is 24.5 Å². The van der Waals surface area contributed by atoms with Crippen LogP contribution in [0.4, 0.5) is 15.8 Å². The molecule has 0 spiro atoms. The molecule has 1 saturated carbocycles. The minimum absolute atomic E-state index is 0.00209. The Morgan fingerprint density at radius 3 is 2.66 bits per heavy atom. The van der Waals surface area contributed by atoms with Gasteiger partial charge in [0.2, 0.25) is 0 Å². The number of aromatic nitrogens is 1. The zero-order chi connectivity index (χ0) is 20.0. The number of piperidine rings is 1. The van der Waals surface area contributed by atoms with E-state index >= 15 is 0 Å². The minimum Gasteiger partial charge on any atom is -0.487 e. The molecule has 0 radical (unpaired) electrons. The summed E-state index contributed by atoms with van der Waals surface area (Å²) in [4.78, 5) is 14.2. The Morgan fingerprint density at radius 1 is 1.14 bits per heavy atom. The van der Waals surface area contributed by atoms with Crippen molar-refractivity contribution in [2.24, 2.45) is 4.99 Å². The van der Waals surface area contributed by atoms with Gasteiger partial charge in [0.1, 0.15) is 17.6 Å². The highest BCUT2D eigenvalue weighted by Crippen LogP contribution is 2.40. The molecular formula is C22H24ClFN4O. The number of pyridine rings is 1. The van der Waals surface area contributed by atoms with Crippen LogP contribution in [0.15, 0.2) is 35.5 Å². The van der Waals surface area contributed by atoms with Crippen LogP contribution in [-0.4, -0.2) is 47.5 Å². The highest BCUT2D eigenvalue weighted by Gasteiger charge is 2.35. The Hall–Kier alpha value is -2.34. The van der Waals surface area contributed by atoms with E-state index in [1.54, 1.807) is 12.1 Å². The maximum atomic E-state index is 14.0. The van der Waals surface area contributed by atoms with Crippen LogP contribution < -0.4 is 9.64 Å². The van der Waals surface area contributed by atoms with E-state index in [1.807, 2.05) is 13.1 Å². The van der Waals surface area contributed by atoms with Gasteiger partial charge in [-0.3, -0.25) is 4.98 Å². The normalized spacial score (nSPS) is 19.8. The van der Waals surface area contributed by atoms with E-state index in [-0.39, 0.29) is 11.9 Å². The van der Waals surface area contributed by atoms with Crippen LogP contribution >= 0.6 is 11.6 Å². The highest BCUT2D eigenvalue weighted by atomic mass is 35.5. The van der Waals surface area contributed by atoms with Gasteiger partial charge in [-0.25, -0.2) is 9.38 Å². The number of nitrogens with zero attached hydrogens (tertiary/aromatic N) is 4. The van der Waals surface area contributed by atoms with Gasteiger partial charge in [-0.05, 0) is 44.0 Å². The number of fused-ring (bicyclic) bond motifs is 1.